The minimum absolute atomic E-state index is 0.154. The van der Waals surface area contributed by atoms with Crippen molar-refractivity contribution in [2.24, 2.45) is 7.05 Å². The normalized spacial score (nSPS) is 11.8. The van der Waals surface area contributed by atoms with Crippen molar-refractivity contribution in [2.75, 3.05) is 0 Å². The first-order chi connectivity index (χ1) is 9.36. The van der Waals surface area contributed by atoms with Crippen LogP contribution in [0.3, 0.4) is 0 Å². The second kappa shape index (κ2) is 5.54. The molecular formula is C13H14F3N3O. The van der Waals surface area contributed by atoms with Gasteiger partial charge >= 0.3 is 6.18 Å². The molecule has 7 heteroatoms. The van der Waals surface area contributed by atoms with Crippen molar-refractivity contribution >= 4 is 0 Å². The molecule has 0 bridgehead atoms. The predicted molar refractivity (Wildman–Crippen MR) is 66.9 cm³/mol. The first-order valence-corrected chi connectivity index (χ1v) is 5.95. The number of nitrogens with one attached hydrogen (secondary N) is 1. The van der Waals surface area contributed by atoms with Gasteiger partial charge in [-0.25, -0.2) is 0 Å². The zero-order chi connectivity index (χ0) is 14.8. The number of rotatable bonds is 4. The van der Waals surface area contributed by atoms with E-state index in [0.717, 1.165) is 16.3 Å². The van der Waals surface area contributed by atoms with Crippen molar-refractivity contribution in [3.05, 3.63) is 47.3 Å². The van der Waals surface area contributed by atoms with E-state index in [9.17, 15) is 18.3 Å². The molecule has 1 aromatic carbocycles. The zero-order valence-corrected chi connectivity index (χ0v) is 10.8. The van der Waals surface area contributed by atoms with E-state index >= 15 is 0 Å². The maximum absolute atomic E-state index is 12.6. The Kier molecular flexibility index (Phi) is 3.99. The van der Waals surface area contributed by atoms with Crippen molar-refractivity contribution in [3.63, 3.8) is 0 Å². The van der Waals surface area contributed by atoms with E-state index < -0.39 is 11.9 Å². The fourth-order valence-corrected chi connectivity index (χ4v) is 1.88. The lowest BCUT2D eigenvalue weighted by atomic mass is 10.2. The van der Waals surface area contributed by atoms with E-state index in [1.54, 1.807) is 18.2 Å². The summed E-state index contributed by atoms with van der Waals surface area (Å²) in [6.45, 7) is 0.659. The number of phenols is 1. The van der Waals surface area contributed by atoms with Crippen LogP contribution in [0.5, 0.6) is 5.75 Å². The summed E-state index contributed by atoms with van der Waals surface area (Å²) in [5.41, 5.74) is 0.392. The number of alkyl halides is 3. The summed E-state index contributed by atoms with van der Waals surface area (Å²) in [5, 5.41) is 16.1. The van der Waals surface area contributed by atoms with Gasteiger partial charge < -0.3 is 10.4 Å². The molecule has 0 unspecified atom stereocenters. The number of aryl methyl sites for hydroxylation is 1. The van der Waals surface area contributed by atoms with Gasteiger partial charge in [0.15, 0.2) is 0 Å². The Morgan fingerprint density at radius 2 is 2.00 bits per heavy atom. The molecule has 4 nitrogen and oxygen atoms in total. The summed E-state index contributed by atoms with van der Waals surface area (Å²) in [6, 6.07) is 7.68. The van der Waals surface area contributed by atoms with Gasteiger partial charge in [0, 0.05) is 20.1 Å². The molecule has 0 saturated carbocycles. The first kappa shape index (κ1) is 14.4. The lowest BCUT2D eigenvalue weighted by Gasteiger charge is -2.04. The molecule has 2 rings (SSSR count). The number of benzene rings is 1. The van der Waals surface area contributed by atoms with Crippen molar-refractivity contribution in [1.82, 2.24) is 15.1 Å². The highest BCUT2D eigenvalue weighted by Crippen LogP contribution is 2.29. The molecular weight excluding hydrogens is 271 g/mol. The summed E-state index contributed by atoms with van der Waals surface area (Å²) in [5.74, 6) is 0.154. The van der Waals surface area contributed by atoms with Gasteiger partial charge in [0.2, 0.25) is 0 Å². The maximum atomic E-state index is 12.6. The summed E-state index contributed by atoms with van der Waals surface area (Å²) >= 11 is 0. The molecule has 0 amide bonds. The third kappa shape index (κ3) is 3.51. The fraction of sp³-hybridized carbons (Fsp3) is 0.308. The monoisotopic (exact) mass is 285 g/mol. The molecule has 0 spiro atoms. The van der Waals surface area contributed by atoms with Gasteiger partial charge in [-0.15, -0.1) is 0 Å². The van der Waals surface area contributed by atoms with Crippen LogP contribution in [0.2, 0.25) is 0 Å². The highest BCUT2D eigenvalue weighted by molar-refractivity contribution is 5.27. The topological polar surface area (TPSA) is 50.1 Å². The van der Waals surface area contributed by atoms with Crippen molar-refractivity contribution in [2.45, 2.75) is 19.3 Å². The molecule has 2 N–H and O–H groups in total. The standard InChI is InChI=1S/C13H14F3N3O/c1-19-12(13(14,15)16)6-10(18-19)8-17-7-9-3-2-4-11(20)5-9/h2-6,17,20H,7-8H2,1H3. The Morgan fingerprint density at radius 1 is 1.25 bits per heavy atom. The van der Waals surface area contributed by atoms with E-state index in [-0.39, 0.29) is 12.3 Å². The third-order valence-electron chi connectivity index (χ3n) is 2.77. The van der Waals surface area contributed by atoms with E-state index in [4.69, 9.17) is 0 Å². The predicted octanol–water partition coefficient (Wildman–Crippen LogP) is 2.43. The average Bonchev–Trinajstić information content (AvgIpc) is 2.70. The summed E-state index contributed by atoms with van der Waals surface area (Å²) in [4.78, 5) is 0. The number of nitrogens with zero attached hydrogens (tertiary/aromatic N) is 2. The lowest BCUT2D eigenvalue weighted by molar-refractivity contribution is -0.143. The van der Waals surface area contributed by atoms with Crippen LogP contribution in [0.4, 0.5) is 13.2 Å². The van der Waals surface area contributed by atoms with Crippen LogP contribution in [0.1, 0.15) is 17.0 Å². The molecule has 0 radical (unpaired) electrons. The number of aromatic nitrogens is 2. The maximum Gasteiger partial charge on any atom is 0.433 e. The van der Waals surface area contributed by atoms with Gasteiger partial charge in [0.1, 0.15) is 11.4 Å². The van der Waals surface area contributed by atoms with Crippen LogP contribution in [0.25, 0.3) is 0 Å². The Hall–Kier alpha value is -2.02. The number of halogens is 3. The van der Waals surface area contributed by atoms with Crippen LogP contribution in [0.15, 0.2) is 30.3 Å². The van der Waals surface area contributed by atoms with E-state index in [1.165, 1.54) is 7.05 Å². The van der Waals surface area contributed by atoms with Gasteiger partial charge in [-0.3, -0.25) is 4.68 Å². The average molecular weight is 285 g/mol. The summed E-state index contributed by atoms with van der Waals surface area (Å²) in [7, 11) is 1.27. The quantitative estimate of drug-likeness (QED) is 0.907. The van der Waals surface area contributed by atoms with Gasteiger partial charge in [0.05, 0.1) is 5.69 Å². The Balaban J connectivity index is 1.95. The third-order valence-corrected chi connectivity index (χ3v) is 2.77. The molecule has 0 aliphatic heterocycles. The van der Waals surface area contributed by atoms with Crippen LogP contribution in [0, 0.1) is 0 Å². The van der Waals surface area contributed by atoms with Crippen LogP contribution >= 0.6 is 0 Å². The lowest BCUT2D eigenvalue weighted by Crippen LogP contribution is -2.13. The molecule has 1 aromatic heterocycles. The second-order valence-corrected chi connectivity index (χ2v) is 4.42. The largest absolute Gasteiger partial charge is 0.508 e. The van der Waals surface area contributed by atoms with Crippen molar-refractivity contribution in [3.8, 4) is 5.75 Å². The molecule has 0 fully saturated rings. The van der Waals surface area contributed by atoms with Gasteiger partial charge in [-0.05, 0) is 23.8 Å². The molecule has 0 aliphatic carbocycles. The van der Waals surface area contributed by atoms with Crippen molar-refractivity contribution < 1.29 is 18.3 Å². The SMILES string of the molecule is Cn1nc(CNCc2cccc(O)c2)cc1C(F)(F)F. The highest BCUT2D eigenvalue weighted by Gasteiger charge is 2.34. The van der Waals surface area contributed by atoms with Gasteiger partial charge in [-0.2, -0.15) is 18.3 Å². The minimum Gasteiger partial charge on any atom is -0.508 e. The van der Waals surface area contributed by atoms with E-state index in [0.29, 0.717) is 12.2 Å². The number of hydrogen-bond donors (Lipinski definition) is 2. The Morgan fingerprint density at radius 3 is 2.60 bits per heavy atom. The number of hydrogen-bond acceptors (Lipinski definition) is 3. The Labute approximate surface area is 113 Å². The van der Waals surface area contributed by atoms with E-state index in [1.807, 2.05) is 6.07 Å². The van der Waals surface area contributed by atoms with Gasteiger partial charge in [-0.1, -0.05) is 12.1 Å². The van der Waals surface area contributed by atoms with Crippen molar-refractivity contribution in [1.29, 1.82) is 0 Å². The minimum atomic E-state index is -4.40. The first-order valence-electron chi connectivity index (χ1n) is 5.95. The van der Waals surface area contributed by atoms with Gasteiger partial charge in [0.25, 0.3) is 0 Å². The second-order valence-electron chi connectivity index (χ2n) is 4.42. The highest BCUT2D eigenvalue weighted by atomic mass is 19.4. The smallest absolute Gasteiger partial charge is 0.433 e. The molecule has 0 atom stereocenters. The van der Waals surface area contributed by atoms with Crippen LogP contribution < -0.4 is 5.32 Å². The summed E-state index contributed by atoms with van der Waals surface area (Å²) < 4.78 is 38.6. The molecule has 0 aliphatic rings. The molecule has 0 saturated heterocycles. The van der Waals surface area contributed by atoms with Crippen LogP contribution in [-0.4, -0.2) is 14.9 Å². The molecule has 1 heterocycles. The fourth-order valence-electron chi connectivity index (χ4n) is 1.88. The molecule has 108 valence electrons. The van der Waals surface area contributed by atoms with Crippen LogP contribution in [-0.2, 0) is 26.3 Å². The molecule has 20 heavy (non-hydrogen) atoms. The molecule has 2 aromatic rings. The zero-order valence-electron chi connectivity index (χ0n) is 10.8. The Bertz CT molecular complexity index is 593. The number of aromatic hydroxyl groups is 1. The number of phenolic OH excluding ortho intramolecular Hbond substituents is 1. The summed E-state index contributed by atoms with van der Waals surface area (Å²) in [6.07, 6.45) is -4.40. The van der Waals surface area contributed by atoms with E-state index in [2.05, 4.69) is 10.4 Å².